The Morgan fingerprint density at radius 2 is 1.89 bits per heavy atom. The third-order valence-electron chi connectivity index (χ3n) is 2.50. The maximum absolute atomic E-state index is 13.0. The Morgan fingerprint density at radius 1 is 1.21 bits per heavy atom. The van der Waals surface area contributed by atoms with E-state index < -0.39 is 18.4 Å². The minimum Gasteiger partial charge on any atom is -0.504 e. The molecule has 3 nitrogen and oxygen atoms in total. The zero-order valence-electron chi connectivity index (χ0n) is 10.2. The van der Waals surface area contributed by atoms with Crippen LogP contribution >= 0.6 is 0 Å². The lowest BCUT2D eigenvalue weighted by molar-refractivity contribution is -0.134. The van der Waals surface area contributed by atoms with Crippen molar-refractivity contribution in [3.63, 3.8) is 0 Å². The highest BCUT2D eigenvalue weighted by atomic mass is 19.3. The predicted molar refractivity (Wildman–Crippen MR) is 63.4 cm³/mol. The van der Waals surface area contributed by atoms with Gasteiger partial charge in [0.25, 0.3) is 6.43 Å². The van der Waals surface area contributed by atoms with E-state index in [0.717, 1.165) is 0 Å². The summed E-state index contributed by atoms with van der Waals surface area (Å²) < 4.78 is 41.9. The molecule has 106 valence electrons. The Balaban J connectivity index is 2.18. The molecule has 0 heterocycles. The van der Waals surface area contributed by atoms with Crippen molar-refractivity contribution in [2.24, 2.45) is 0 Å². The van der Waals surface area contributed by atoms with Gasteiger partial charge in [-0.1, -0.05) is 12.1 Å². The maximum Gasteiger partial charge on any atom is 0.298 e. The van der Waals surface area contributed by atoms with Crippen LogP contribution in [0.15, 0.2) is 24.3 Å². The number of phenolic OH excluding ortho intramolecular Hbond substituents is 1. The minimum absolute atomic E-state index is 0.00116. The second kappa shape index (κ2) is 7.66. The van der Waals surface area contributed by atoms with E-state index in [-0.39, 0.29) is 25.2 Å². The van der Waals surface area contributed by atoms with Gasteiger partial charge in [0.2, 0.25) is 5.78 Å². The number of carbonyl (C=O) groups is 1. The van der Waals surface area contributed by atoms with Crippen LogP contribution in [0.1, 0.15) is 19.3 Å². The van der Waals surface area contributed by atoms with Crippen LogP contribution in [0.25, 0.3) is 0 Å². The number of unbranched alkanes of at least 4 members (excludes halogenated alkanes) is 1. The summed E-state index contributed by atoms with van der Waals surface area (Å²) in [4.78, 5) is 10.6. The fourth-order valence-corrected chi connectivity index (χ4v) is 1.47. The van der Waals surface area contributed by atoms with E-state index in [9.17, 15) is 23.1 Å². The van der Waals surface area contributed by atoms with E-state index >= 15 is 0 Å². The van der Waals surface area contributed by atoms with Crippen molar-refractivity contribution in [2.45, 2.75) is 31.9 Å². The van der Waals surface area contributed by atoms with Crippen molar-refractivity contribution >= 4 is 5.78 Å². The van der Waals surface area contributed by atoms with Crippen LogP contribution in [0.4, 0.5) is 13.2 Å². The molecule has 1 N–H and O–H groups in total. The first-order chi connectivity index (χ1) is 9.02. The van der Waals surface area contributed by atoms with Crippen LogP contribution < -0.4 is 4.74 Å². The summed E-state index contributed by atoms with van der Waals surface area (Å²) in [7, 11) is 0. The van der Waals surface area contributed by atoms with E-state index in [1.54, 1.807) is 18.2 Å². The molecule has 0 radical (unpaired) electrons. The van der Waals surface area contributed by atoms with Gasteiger partial charge in [0.05, 0.1) is 6.61 Å². The van der Waals surface area contributed by atoms with Gasteiger partial charge in [-0.15, -0.1) is 0 Å². The first kappa shape index (κ1) is 15.3. The quantitative estimate of drug-likeness (QED) is 0.742. The molecule has 0 saturated heterocycles. The number of rotatable bonds is 8. The van der Waals surface area contributed by atoms with Gasteiger partial charge >= 0.3 is 0 Å². The molecule has 0 fully saturated rings. The molecular formula is C13H15F3O3. The van der Waals surface area contributed by atoms with Gasteiger partial charge < -0.3 is 9.84 Å². The van der Waals surface area contributed by atoms with Crippen molar-refractivity contribution < 1.29 is 27.8 Å². The first-order valence-electron chi connectivity index (χ1n) is 5.89. The standard InChI is InChI=1S/C13H15F3O3/c14-9(12(18)13(15)16)5-3-4-8-19-11-7-2-1-6-10(11)17/h1-2,6-7,9,13,17H,3-5,8H2. The summed E-state index contributed by atoms with van der Waals surface area (Å²) in [6, 6.07) is 6.38. The lowest BCUT2D eigenvalue weighted by Gasteiger charge is -2.08. The third-order valence-corrected chi connectivity index (χ3v) is 2.50. The maximum atomic E-state index is 13.0. The monoisotopic (exact) mass is 276 g/mol. The highest BCUT2D eigenvalue weighted by molar-refractivity contribution is 5.85. The topological polar surface area (TPSA) is 46.5 Å². The van der Waals surface area contributed by atoms with Crippen LogP contribution in [-0.4, -0.2) is 30.1 Å². The fraction of sp³-hybridized carbons (Fsp3) is 0.462. The number of para-hydroxylation sites is 2. The number of hydrogen-bond acceptors (Lipinski definition) is 3. The number of benzene rings is 1. The van der Waals surface area contributed by atoms with E-state index in [1.807, 2.05) is 0 Å². The molecule has 0 saturated carbocycles. The Labute approximate surface area is 109 Å². The van der Waals surface area contributed by atoms with Gasteiger partial charge in [-0.2, -0.15) is 0 Å². The Hall–Kier alpha value is -1.72. The molecule has 1 aromatic rings. The molecule has 1 unspecified atom stereocenters. The van der Waals surface area contributed by atoms with Crippen LogP contribution in [0.2, 0.25) is 0 Å². The lowest BCUT2D eigenvalue weighted by Crippen LogP contribution is -2.23. The molecular weight excluding hydrogens is 261 g/mol. The van der Waals surface area contributed by atoms with Crippen molar-refractivity contribution in [1.29, 1.82) is 0 Å². The number of hydrogen-bond donors (Lipinski definition) is 1. The molecule has 0 amide bonds. The summed E-state index contributed by atoms with van der Waals surface area (Å²) in [5, 5.41) is 9.38. The van der Waals surface area contributed by atoms with Gasteiger partial charge in [0.1, 0.15) is 0 Å². The molecule has 0 spiro atoms. The molecule has 1 atom stereocenters. The fourth-order valence-electron chi connectivity index (χ4n) is 1.47. The average Bonchev–Trinajstić information content (AvgIpc) is 2.39. The van der Waals surface area contributed by atoms with Crippen LogP contribution in [0.3, 0.4) is 0 Å². The Morgan fingerprint density at radius 3 is 2.53 bits per heavy atom. The third kappa shape index (κ3) is 5.19. The second-order valence-corrected chi connectivity index (χ2v) is 3.98. The SMILES string of the molecule is O=C(C(F)F)C(F)CCCCOc1ccccc1O. The van der Waals surface area contributed by atoms with E-state index in [4.69, 9.17) is 4.74 Å². The van der Waals surface area contributed by atoms with Crippen molar-refractivity contribution in [1.82, 2.24) is 0 Å². The van der Waals surface area contributed by atoms with Gasteiger partial charge in [-0.25, -0.2) is 13.2 Å². The molecule has 6 heteroatoms. The summed E-state index contributed by atoms with van der Waals surface area (Å²) >= 11 is 0. The number of ketones is 1. The molecule has 0 aliphatic heterocycles. The molecule has 19 heavy (non-hydrogen) atoms. The highest BCUT2D eigenvalue weighted by Gasteiger charge is 2.25. The van der Waals surface area contributed by atoms with Crippen molar-refractivity contribution in [2.75, 3.05) is 6.61 Å². The van der Waals surface area contributed by atoms with E-state index in [1.165, 1.54) is 6.07 Å². The number of alkyl halides is 3. The summed E-state index contributed by atoms with van der Waals surface area (Å²) in [5.74, 6) is -1.36. The first-order valence-corrected chi connectivity index (χ1v) is 5.89. The Kier molecular flexibility index (Phi) is 6.18. The number of phenols is 1. The molecule has 0 aromatic heterocycles. The van der Waals surface area contributed by atoms with Gasteiger partial charge in [0.15, 0.2) is 17.7 Å². The van der Waals surface area contributed by atoms with Crippen molar-refractivity contribution in [3.05, 3.63) is 24.3 Å². The van der Waals surface area contributed by atoms with Gasteiger partial charge in [-0.3, -0.25) is 4.79 Å². The van der Waals surface area contributed by atoms with Crippen LogP contribution in [-0.2, 0) is 4.79 Å². The smallest absolute Gasteiger partial charge is 0.298 e. The zero-order valence-corrected chi connectivity index (χ0v) is 10.2. The molecule has 0 aliphatic carbocycles. The molecule has 1 aromatic carbocycles. The van der Waals surface area contributed by atoms with Gasteiger partial charge in [0, 0.05) is 0 Å². The number of halogens is 3. The summed E-state index contributed by atoms with van der Waals surface area (Å²) in [6.07, 6.45) is -4.95. The number of aromatic hydroxyl groups is 1. The Bertz CT molecular complexity index is 410. The number of ether oxygens (including phenoxy) is 1. The second-order valence-electron chi connectivity index (χ2n) is 3.98. The molecule has 1 rings (SSSR count). The zero-order chi connectivity index (χ0) is 14.3. The summed E-state index contributed by atoms with van der Waals surface area (Å²) in [6.45, 7) is 0.215. The summed E-state index contributed by atoms with van der Waals surface area (Å²) in [5.41, 5.74) is 0. The number of carbonyl (C=O) groups excluding carboxylic acids is 1. The predicted octanol–water partition coefficient (Wildman–Crippen LogP) is 3.11. The molecule has 0 bridgehead atoms. The van der Waals surface area contributed by atoms with Crippen LogP contribution in [0.5, 0.6) is 11.5 Å². The van der Waals surface area contributed by atoms with Gasteiger partial charge in [-0.05, 0) is 31.4 Å². The largest absolute Gasteiger partial charge is 0.504 e. The molecule has 0 aliphatic rings. The van der Waals surface area contributed by atoms with Crippen molar-refractivity contribution in [3.8, 4) is 11.5 Å². The number of Topliss-reactive ketones (excluding diaryl/α,β-unsaturated/α-hetero) is 1. The van der Waals surface area contributed by atoms with E-state index in [0.29, 0.717) is 12.2 Å². The van der Waals surface area contributed by atoms with Crippen LogP contribution in [0, 0.1) is 0 Å². The lowest BCUT2D eigenvalue weighted by atomic mass is 10.1. The normalized spacial score (nSPS) is 12.4. The van der Waals surface area contributed by atoms with E-state index in [2.05, 4.69) is 0 Å². The highest BCUT2D eigenvalue weighted by Crippen LogP contribution is 2.24. The average molecular weight is 276 g/mol. The minimum atomic E-state index is -3.26.